The van der Waals surface area contributed by atoms with E-state index in [4.69, 9.17) is 6.40 Å². The predicted molar refractivity (Wildman–Crippen MR) is 236 cm³/mol. The highest BCUT2D eigenvalue weighted by Crippen LogP contribution is 2.18. The van der Waals surface area contributed by atoms with Crippen LogP contribution in [0.3, 0.4) is 0 Å². The van der Waals surface area contributed by atoms with E-state index in [1.165, 1.54) is 68.3 Å². The highest BCUT2D eigenvalue weighted by molar-refractivity contribution is 6.28. The summed E-state index contributed by atoms with van der Waals surface area (Å²) in [5.74, 6) is 2.28. The van der Waals surface area contributed by atoms with Gasteiger partial charge < -0.3 is 34.5 Å². The van der Waals surface area contributed by atoms with Crippen LogP contribution in [0.5, 0.6) is 0 Å². The lowest BCUT2D eigenvalue weighted by Gasteiger charge is -2.24. The number of likely N-dealkylation sites (N-methyl/N-ethyl adjacent to an activating group) is 2. The highest BCUT2D eigenvalue weighted by Gasteiger charge is 2.11. The Morgan fingerprint density at radius 3 is 1.63 bits per heavy atom. The summed E-state index contributed by atoms with van der Waals surface area (Å²) >= 11 is 0. The molecule has 0 aliphatic heterocycles. The van der Waals surface area contributed by atoms with Crippen LogP contribution in [0.1, 0.15) is 98.0 Å². The van der Waals surface area contributed by atoms with E-state index in [2.05, 4.69) is 166 Å². The van der Waals surface area contributed by atoms with Gasteiger partial charge in [0.2, 0.25) is 0 Å². The van der Waals surface area contributed by atoms with E-state index in [1.807, 2.05) is 0 Å². The van der Waals surface area contributed by atoms with Crippen molar-refractivity contribution in [3.05, 3.63) is 29.1 Å². The molecule has 0 fully saturated rings. The molecule has 1 rings (SSSR count). The van der Waals surface area contributed by atoms with Crippen LogP contribution >= 0.6 is 0 Å². The minimum atomic E-state index is 0. The Labute approximate surface area is 330 Å². The number of hydrogen-bond acceptors (Lipinski definition) is 9. The lowest BCUT2D eigenvalue weighted by Crippen LogP contribution is -2.40. The summed E-state index contributed by atoms with van der Waals surface area (Å²) in [5, 5.41) is 1.49. The molecule has 9 nitrogen and oxygen atoms in total. The van der Waals surface area contributed by atoms with E-state index in [9.17, 15) is 0 Å². The molecule has 309 valence electrons. The maximum atomic E-state index is 7.35. The van der Waals surface area contributed by atoms with Crippen molar-refractivity contribution in [2.75, 3.05) is 129 Å². The lowest BCUT2D eigenvalue weighted by atomic mass is 9.94. The molecule has 0 bridgehead atoms. The van der Waals surface area contributed by atoms with Crippen molar-refractivity contribution >= 4 is 7.55 Å². The molecule has 0 amide bonds. The molecule has 0 saturated heterocycles. The summed E-state index contributed by atoms with van der Waals surface area (Å²) < 4.78 is 7.35. The number of nitrogens with zero attached hydrogens (tertiary/aromatic N) is 8. The summed E-state index contributed by atoms with van der Waals surface area (Å²) in [4.78, 5) is 20.7. The number of rotatable bonds is 26. The minimum absolute atomic E-state index is 0. The van der Waals surface area contributed by atoms with Gasteiger partial charge in [0.1, 0.15) is 1.41 Å². The average Bonchev–Trinajstić information content (AvgIpc) is 3.03. The Bertz CT molecular complexity index is 955. The first-order valence-electron chi connectivity index (χ1n) is 20.5. The van der Waals surface area contributed by atoms with E-state index in [1.54, 1.807) is 7.05 Å². The minimum Gasteiger partial charge on any atom is -0.335 e. The van der Waals surface area contributed by atoms with Crippen LogP contribution in [0, 0.1) is 24.7 Å². The van der Waals surface area contributed by atoms with Crippen molar-refractivity contribution in [2.45, 2.75) is 101 Å². The van der Waals surface area contributed by atoms with Gasteiger partial charge in [0.05, 0.1) is 11.4 Å². The molecule has 0 aliphatic rings. The average molecular weight is 736 g/mol. The molecular formula is C42H93BN9. The topological polar surface area (TPSA) is 47.6 Å². The van der Waals surface area contributed by atoms with Crippen molar-refractivity contribution in [3.63, 3.8) is 0 Å². The number of hydrogen-bond donors (Lipinski definition) is 1. The SMILES string of the molecule is C.CCN(C)CCC(C)CCC(C)CCN(C)C.CCN(C)CCN(C)Cc1cc(C)cc(CN(C)C)n1.[2H]N(C)CC(C)CN(C)[B]N(C)CCC. The van der Waals surface area contributed by atoms with Crippen molar-refractivity contribution in [1.29, 1.82) is 0 Å². The van der Waals surface area contributed by atoms with Gasteiger partial charge in [-0.2, -0.15) is 0 Å². The second-order valence-corrected chi connectivity index (χ2v) is 16.2. The maximum Gasteiger partial charge on any atom is 0.312 e. The van der Waals surface area contributed by atoms with E-state index in [0.29, 0.717) is 5.92 Å². The Kier molecular flexibility index (Phi) is 35.0. The Balaban J connectivity index is -0.000000709. The van der Waals surface area contributed by atoms with E-state index < -0.39 is 0 Å². The maximum absolute atomic E-state index is 7.35. The second-order valence-electron chi connectivity index (χ2n) is 16.2. The van der Waals surface area contributed by atoms with Gasteiger partial charge in [-0.3, -0.25) is 9.88 Å². The lowest BCUT2D eigenvalue weighted by molar-refractivity contribution is 0.256. The molecule has 1 radical (unpaired) electrons. The van der Waals surface area contributed by atoms with E-state index in [0.717, 1.165) is 69.9 Å². The normalized spacial score (nSPS) is 13.7. The molecule has 3 atom stereocenters. The monoisotopic (exact) mass is 736 g/mol. The van der Waals surface area contributed by atoms with Crippen LogP contribution in [0.25, 0.3) is 0 Å². The summed E-state index contributed by atoms with van der Waals surface area (Å²) in [6.45, 7) is 27.4. The van der Waals surface area contributed by atoms with E-state index in [-0.39, 0.29) is 7.43 Å². The molecule has 0 spiro atoms. The standard InChI is InChI=1S/C16H30N4.C15H34N2.C10H25BN3.CH4/c1-7-19(5)8-9-20(6)13-16-11-14(2)10-15(17-16)12-18(3)4;1-7-17(6)13-11-15(3)9-8-14(2)10-12-16(4)5;1-6-7-13(4)11-14(5)9-10(2)8-12-3;/h10-11H,7-9,12-13H2,1-6H3;14-15H,7-13H2,1-6H3;10,12H,6-9H2,1-5H3;1H4/i/hD. The highest BCUT2D eigenvalue weighted by atomic mass is 15.2. The van der Waals surface area contributed by atoms with Crippen LogP contribution in [-0.2, 0) is 13.1 Å². The molecule has 0 saturated carbocycles. The van der Waals surface area contributed by atoms with E-state index >= 15 is 0 Å². The van der Waals surface area contributed by atoms with Gasteiger partial charge in [0.15, 0.2) is 0 Å². The largest absolute Gasteiger partial charge is 0.335 e. The summed E-state index contributed by atoms with van der Waals surface area (Å²) in [7, 11) is 23.2. The van der Waals surface area contributed by atoms with Gasteiger partial charge in [-0.15, -0.1) is 0 Å². The molecule has 10 heteroatoms. The zero-order chi connectivity index (χ0) is 40.2. The third kappa shape index (κ3) is 34.6. The molecule has 1 aromatic heterocycles. The third-order valence-electron chi connectivity index (χ3n) is 9.22. The first-order chi connectivity index (χ1) is 24.3. The number of aryl methyl sites for hydroxylation is 1. The third-order valence-corrected chi connectivity index (χ3v) is 9.22. The predicted octanol–water partition coefficient (Wildman–Crippen LogP) is 6.45. The van der Waals surface area contributed by atoms with Crippen LogP contribution < -0.4 is 5.31 Å². The Hall–Kier alpha value is -1.11. The van der Waals surface area contributed by atoms with Crippen LogP contribution in [-0.4, -0.2) is 176 Å². The number of nitrogens with one attached hydrogen (secondary N) is 1. The fraction of sp³-hybridized carbons (Fsp3) is 0.881. The summed E-state index contributed by atoms with van der Waals surface area (Å²) in [5.41, 5.74) is 3.62. The quantitative estimate of drug-likeness (QED) is 0.108. The van der Waals surface area contributed by atoms with Crippen molar-refractivity contribution in [1.82, 2.24) is 44.4 Å². The van der Waals surface area contributed by atoms with Crippen LogP contribution in [0.2, 0.25) is 1.41 Å². The fourth-order valence-corrected chi connectivity index (χ4v) is 5.75. The smallest absolute Gasteiger partial charge is 0.312 e. The molecule has 0 aromatic carbocycles. The zero-order valence-corrected chi connectivity index (χ0v) is 37.3. The second kappa shape index (κ2) is 34.4. The molecule has 1 N–H and O–H groups in total. The van der Waals surface area contributed by atoms with Gasteiger partial charge >= 0.3 is 7.55 Å². The van der Waals surface area contributed by atoms with Gasteiger partial charge in [-0.05, 0) is 178 Å². The van der Waals surface area contributed by atoms with Gasteiger partial charge in [0, 0.05) is 26.2 Å². The summed E-state index contributed by atoms with van der Waals surface area (Å²) in [6, 6.07) is 4.37. The molecule has 1 heterocycles. The van der Waals surface area contributed by atoms with Crippen molar-refractivity contribution < 1.29 is 1.41 Å². The molecule has 52 heavy (non-hydrogen) atoms. The van der Waals surface area contributed by atoms with Gasteiger partial charge in [-0.1, -0.05) is 61.8 Å². The molecule has 3 unspecified atom stereocenters. The van der Waals surface area contributed by atoms with Gasteiger partial charge in [-0.25, -0.2) is 0 Å². The Morgan fingerprint density at radius 1 is 0.654 bits per heavy atom. The van der Waals surface area contributed by atoms with Crippen LogP contribution in [0.15, 0.2) is 12.1 Å². The fourth-order valence-electron chi connectivity index (χ4n) is 5.75. The molecular weight excluding hydrogens is 641 g/mol. The summed E-state index contributed by atoms with van der Waals surface area (Å²) in [6.07, 6.45) is 6.65. The molecule has 0 aliphatic carbocycles. The zero-order valence-electron chi connectivity index (χ0n) is 38.3. The van der Waals surface area contributed by atoms with Gasteiger partial charge in [0.25, 0.3) is 0 Å². The Morgan fingerprint density at radius 2 is 1.15 bits per heavy atom. The first-order valence-corrected chi connectivity index (χ1v) is 20.1. The van der Waals surface area contributed by atoms with Crippen LogP contribution in [0.4, 0.5) is 0 Å². The van der Waals surface area contributed by atoms with Crippen molar-refractivity contribution in [2.24, 2.45) is 17.8 Å². The number of aromatic nitrogens is 1. The molecule has 1 aromatic rings. The first kappa shape index (κ1) is 53.0. The van der Waals surface area contributed by atoms with Crippen molar-refractivity contribution in [3.8, 4) is 0 Å². The number of pyridine rings is 1.